The third-order valence-electron chi connectivity index (χ3n) is 3.35. The highest BCUT2D eigenvalue weighted by molar-refractivity contribution is 5.05. The van der Waals surface area contributed by atoms with Crippen LogP contribution < -0.4 is 0 Å². The summed E-state index contributed by atoms with van der Waals surface area (Å²) >= 11 is 0. The largest absolute Gasteiger partial charge is 0.103 e. The van der Waals surface area contributed by atoms with Crippen molar-refractivity contribution in [3.05, 3.63) is 12.7 Å². The number of hydrogen-bond acceptors (Lipinski definition) is 0. The fourth-order valence-corrected chi connectivity index (χ4v) is 1.97. The van der Waals surface area contributed by atoms with Crippen LogP contribution in [-0.2, 0) is 0 Å². The summed E-state index contributed by atoms with van der Waals surface area (Å²) in [7, 11) is 0. The van der Waals surface area contributed by atoms with Crippen LogP contribution in [0.3, 0.4) is 0 Å². The van der Waals surface area contributed by atoms with E-state index in [9.17, 15) is 0 Å². The van der Waals surface area contributed by atoms with Crippen molar-refractivity contribution in [2.75, 3.05) is 0 Å². The van der Waals surface area contributed by atoms with Crippen LogP contribution in [0.5, 0.6) is 0 Å². The van der Waals surface area contributed by atoms with Gasteiger partial charge in [0.25, 0.3) is 0 Å². The average Bonchev–Trinajstić information content (AvgIpc) is 2.92. The van der Waals surface area contributed by atoms with Gasteiger partial charge in [-0.05, 0) is 24.7 Å². The van der Waals surface area contributed by atoms with Gasteiger partial charge in [0.05, 0.1) is 0 Å². The van der Waals surface area contributed by atoms with E-state index in [-0.39, 0.29) is 0 Å². The van der Waals surface area contributed by atoms with Gasteiger partial charge in [0.15, 0.2) is 0 Å². The van der Waals surface area contributed by atoms with Gasteiger partial charge in [0.1, 0.15) is 0 Å². The Morgan fingerprint density at radius 2 is 1.69 bits per heavy atom. The molecule has 0 N–H and O–H groups in total. The molecule has 76 valence electrons. The first kappa shape index (κ1) is 10.8. The zero-order chi connectivity index (χ0) is 9.57. The van der Waals surface area contributed by atoms with Gasteiger partial charge in [0.2, 0.25) is 0 Å². The number of hydrogen-bond donors (Lipinski definition) is 0. The Morgan fingerprint density at radius 1 is 1.08 bits per heavy atom. The molecule has 13 heavy (non-hydrogen) atoms. The molecule has 0 aromatic carbocycles. The predicted octanol–water partition coefficient (Wildman–Crippen LogP) is 4.70. The lowest BCUT2D eigenvalue weighted by Crippen LogP contribution is -1.94. The second-order valence-electron chi connectivity index (χ2n) is 4.58. The maximum atomic E-state index is 3.92. The van der Waals surface area contributed by atoms with Crippen LogP contribution >= 0.6 is 0 Å². The third kappa shape index (κ3) is 3.97. The van der Waals surface area contributed by atoms with Gasteiger partial charge in [-0.3, -0.25) is 0 Å². The van der Waals surface area contributed by atoms with E-state index in [1.807, 2.05) is 0 Å². The smallest absolute Gasteiger partial charge is 0.0120 e. The van der Waals surface area contributed by atoms with E-state index in [1.165, 1.54) is 57.8 Å². The minimum atomic E-state index is 0.602. The van der Waals surface area contributed by atoms with Crippen molar-refractivity contribution < 1.29 is 0 Å². The molecule has 1 aliphatic carbocycles. The molecule has 0 aromatic rings. The lowest BCUT2D eigenvalue weighted by Gasteiger charge is -2.08. The van der Waals surface area contributed by atoms with Crippen LogP contribution in [0.15, 0.2) is 12.7 Å². The predicted molar refractivity (Wildman–Crippen MR) is 59.9 cm³/mol. The summed E-state index contributed by atoms with van der Waals surface area (Å²) in [6.07, 6.45) is 15.0. The maximum Gasteiger partial charge on any atom is -0.0120 e. The first-order valence-corrected chi connectivity index (χ1v) is 5.96. The van der Waals surface area contributed by atoms with Gasteiger partial charge >= 0.3 is 0 Å². The molecule has 0 radical (unpaired) electrons. The fourth-order valence-electron chi connectivity index (χ4n) is 1.97. The van der Waals surface area contributed by atoms with E-state index in [0.717, 1.165) is 0 Å². The molecular formula is C13H24. The van der Waals surface area contributed by atoms with Crippen molar-refractivity contribution in [1.82, 2.24) is 0 Å². The molecule has 0 spiro atoms. The van der Waals surface area contributed by atoms with Crippen molar-refractivity contribution in [3.8, 4) is 0 Å². The minimum Gasteiger partial charge on any atom is -0.103 e. The van der Waals surface area contributed by atoms with Gasteiger partial charge in [-0.1, -0.05) is 51.5 Å². The summed E-state index contributed by atoms with van der Waals surface area (Å²) in [5.74, 6) is 0. The lowest BCUT2D eigenvalue weighted by atomic mass is 9.98. The minimum absolute atomic E-state index is 0.602. The molecule has 0 nitrogen and oxygen atoms in total. The SMILES string of the molecule is C=CC1(CCCCCCCC)CC1. The first-order valence-electron chi connectivity index (χ1n) is 5.96. The standard InChI is InChI=1S/C13H24/c1-3-5-6-7-8-9-10-13(4-2)11-12-13/h4H,2-3,5-12H2,1H3. The molecule has 0 unspecified atom stereocenters. The Balaban J connectivity index is 1.87. The summed E-state index contributed by atoms with van der Waals surface area (Å²) in [6.45, 7) is 6.20. The molecule has 0 aromatic heterocycles. The zero-order valence-corrected chi connectivity index (χ0v) is 9.15. The van der Waals surface area contributed by atoms with Crippen LogP contribution in [0.4, 0.5) is 0 Å². The van der Waals surface area contributed by atoms with E-state index in [0.29, 0.717) is 5.41 Å². The van der Waals surface area contributed by atoms with E-state index < -0.39 is 0 Å². The maximum absolute atomic E-state index is 3.92. The first-order chi connectivity index (χ1) is 6.33. The Bertz CT molecular complexity index is 142. The summed E-state index contributed by atoms with van der Waals surface area (Å²) in [5.41, 5.74) is 0.602. The molecule has 0 heterocycles. The van der Waals surface area contributed by atoms with E-state index in [2.05, 4.69) is 19.6 Å². The van der Waals surface area contributed by atoms with E-state index in [1.54, 1.807) is 0 Å². The normalized spacial score (nSPS) is 18.5. The lowest BCUT2D eigenvalue weighted by molar-refractivity contribution is 0.510. The number of allylic oxidation sites excluding steroid dienone is 1. The Kier molecular flexibility index (Phi) is 4.55. The summed E-state index contributed by atoms with van der Waals surface area (Å²) in [5, 5.41) is 0. The molecule has 0 aliphatic heterocycles. The highest BCUT2D eigenvalue weighted by Crippen LogP contribution is 2.50. The fraction of sp³-hybridized carbons (Fsp3) is 0.846. The van der Waals surface area contributed by atoms with Gasteiger partial charge in [-0.15, -0.1) is 6.58 Å². The van der Waals surface area contributed by atoms with Crippen molar-refractivity contribution in [1.29, 1.82) is 0 Å². The summed E-state index contributed by atoms with van der Waals surface area (Å²) < 4.78 is 0. The van der Waals surface area contributed by atoms with Crippen molar-refractivity contribution in [2.24, 2.45) is 5.41 Å². The molecule has 1 rings (SSSR count). The summed E-state index contributed by atoms with van der Waals surface area (Å²) in [4.78, 5) is 0. The van der Waals surface area contributed by atoms with Gasteiger partial charge in [-0.25, -0.2) is 0 Å². The molecule has 0 saturated heterocycles. The topological polar surface area (TPSA) is 0 Å². The monoisotopic (exact) mass is 180 g/mol. The molecule has 1 saturated carbocycles. The molecule has 0 heteroatoms. The third-order valence-corrected chi connectivity index (χ3v) is 3.35. The van der Waals surface area contributed by atoms with E-state index in [4.69, 9.17) is 0 Å². The van der Waals surface area contributed by atoms with Crippen LogP contribution in [0, 0.1) is 5.41 Å². The van der Waals surface area contributed by atoms with Gasteiger partial charge in [0, 0.05) is 0 Å². The second-order valence-corrected chi connectivity index (χ2v) is 4.58. The molecule has 0 atom stereocenters. The molecule has 1 fully saturated rings. The van der Waals surface area contributed by atoms with Crippen LogP contribution in [0.25, 0.3) is 0 Å². The van der Waals surface area contributed by atoms with Crippen molar-refractivity contribution >= 4 is 0 Å². The molecule has 0 bridgehead atoms. The number of rotatable bonds is 8. The Labute approximate surface area is 83.4 Å². The average molecular weight is 180 g/mol. The molecule has 1 aliphatic rings. The zero-order valence-electron chi connectivity index (χ0n) is 9.15. The van der Waals surface area contributed by atoms with Gasteiger partial charge in [-0.2, -0.15) is 0 Å². The highest BCUT2D eigenvalue weighted by atomic mass is 14.4. The second kappa shape index (κ2) is 5.47. The highest BCUT2D eigenvalue weighted by Gasteiger charge is 2.38. The van der Waals surface area contributed by atoms with Crippen LogP contribution in [0.2, 0.25) is 0 Å². The molecular weight excluding hydrogens is 156 g/mol. The van der Waals surface area contributed by atoms with Gasteiger partial charge < -0.3 is 0 Å². The Hall–Kier alpha value is -0.260. The summed E-state index contributed by atoms with van der Waals surface area (Å²) in [6, 6.07) is 0. The van der Waals surface area contributed by atoms with E-state index >= 15 is 0 Å². The Morgan fingerprint density at radius 3 is 2.23 bits per heavy atom. The molecule has 0 amide bonds. The van der Waals surface area contributed by atoms with Crippen LogP contribution in [-0.4, -0.2) is 0 Å². The van der Waals surface area contributed by atoms with Crippen molar-refractivity contribution in [2.45, 2.75) is 64.7 Å². The van der Waals surface area contributed by atoms with Crippen molar-refractivity contribution in [3.63, 3.8) is 0 Å². The quantitative estimate of drug-likeness (QED) is 0.375. The number of unbranched alkanes of at least 4 members (excludes halogenated alkanes) is 5. The van der Waals surface area contributed by atoms with Crippen LogP contribution in [0.1, 0.15) is 64.7 Å².